The van der Waals surface area contributed by atoms with E-state index in [1.165, 1.54) is 25.6 Å². The van der Waals surface area contributed by atoms with Gasteiger partial charge in [-0.25, -0.2) is 13.2 Å². The molecule has 0 bridgehead atoms. The van der Waals surface area contributed by atoms with Crippen molar-refractivity contribution in [2.45, 2.75) is 76.0 Å². The Morgan fingerprint density at radius 1 is 0.980 bits per heavy atom. The van der Waals surface area contributed by atoms with Crippen LogP contribution < -0.4 is 16.4 Å². The van der Waals surface area contributed by atoms with E-state index in [0.29, 0.717) is 63.7 Å². The molecule has 4 aliphatic rings. The molecule has 4 aliphatic heterocycles. The van der Waals surface area contributed by atoms with Crippen LogP contribution in [0.25, 0.3) is 0 Å². The molecule has 0 aromatic heterocycles. The average molecular weight is 823 g/mol. The largest absolute Gasteiger partial charge is 0.397 e. The second-order valence-electron chi connectivity index (χ2n) is 13.6. The third kappa shape index (κ3) is 9.15. The summed E-state index contributed by atoms with van der Waals surface area (Å²) >= 11 is 7.00. The number of urea groups is 1. The number of fused-ring (bicyclic) bond motifs is 1. The molecule has 0 saturated carbocycles. The van der Waals surface area contributed by atoms with Crippen LogP contribution in [0.4, 0.5) is 16.2 Å². The molecule has 4 N–H and O–H groups in total. The van der Waals surface area contributed by atoms with Crippen molar-refractivity contribution in [3.63, 3.8) is 0 Å². The standard InChI is InChI=1S/C34H46Br2N8O4S/c35-28-18-24(19-29(36)32(28)37)20-31(33(45)43-16-10-26(11-17-43)42-12-4-1-5-13-42)38-22-39-49(47,48)23-41-14-8-27(9-15-41)44-21-25-6-2-3-7-30(25)40-34(44)46/h2-3,6-7,18-19,22,26-27,31H,1,4-5,8-17,20-21,23,37H2,(H,38,39)(H,40,46)/t31-/m1/s1. The molecule has 266 valence electrons. The molecule has 1 atom stereocenters. The highest BCUT2D eigenvalue weighted by atomic mass is 79.9. The summed E-state index contributed by atoms with van der Waals surface area (Å²) < 4.78 is 31.6. The van der Waals surface area contributed by atoms with E-state index >= 15 is 0 Å². The summed E-state index contributed by atoms with van der Waals surface area (Å²) in [5.41, 5.74) is 9.46. The summed E-state index contributed by atoms with van der Waals surface area (Å²) in [7, 11) is -3.85. The SMILES string of the molecule is Nc1c(Br)cc(C[C@@H](NC=NS(=O)(=O)CN2CCC(N3Cc4ccccc4NC3=O)CC2)C(=O)N2CCC(N3CCCCC3)CC2)cc1Br. The fourth-order valence-corrected chi connectivity index (χ4v) is 9.79. The van der Waals surface area contributed by atoms with Gasteiger partial charge in [0.05, 0.1) is 5.69 Å². The van der Waals surface area contributed by atoms with Crippen LogP contribution in [-0.4, -0.2) is 110 Å². The number of sulfonamides is 1. The summed E-state index contributed by atoms with van der Waals surface area (Å²) in [6.45, 7) is 5.23. The van der Waals surface area contributed by atoms with Crippen molar-refractivity contribution < 1.29 is 18.0 Å². The third-order valence-corrected chi connectivity index (χ3v) is 12.7. The van der Waals surface area contributed by atoms with Crippen molar-refractivity contribution in [3.8, 4) is 0 Å². The predicted molar refractivity (Wildman–Crippen MR) is 200 cm³/mol. The first-order chi connectivity index (χ1) is 23.6. The van der Waals surface area contributed by atoms with Crippen molar-refractivity contribution in [1.82, 2.24) is 24.9 Å². The van der Waals surface area contributed by atoms with Gasteiger partial charge in [-0.1, -0.05) is 24.6 Å². The third-order valence-electron chi connectivity index (χ3n) is 10.3. The molecular formula is C34H46Br2N8O4S. The molecule has 49 heavy (non-hydrogen) atoms. The zero-order chi connectivity index (χ0) is 34.5. The van der Waals surface area contributed by atoms with Crippen molar-refractivity contribution in [1.29, 1.82) is 0 Å². The number of carbonyl (C=O) groups is 2. The fraction of sp³-hybridized carbons (Fsp3) is 0.559. The first kappa shape index (κ1) is 36.1. The van der Waals surface area contributed by atoms with Gasteiger partial charge in [-0.15, -0.1) is 0 Å². The van der Waals surface area contributed by atoms with Crippen LogP contribution in [0.5, 0.6) is 0 Å². The first-order valence-electron chi connectivity index (χ1n) is 17.2. The minimum absolute atomic E-state index is 0.0302. The van der Waals surface area contributed by atoms with Gasteiger partial charge in [-0.05, 0) is 113 Å². The molecule has 6 rings (SSSR count). The highest BCUT2D eigenvalue weighted by Crippen LogP contribution is 2.31. The summed E-state index contributed by atoms with van der Waals surface area (Å²) in [6.07, 6.45) is 8.49. The zero-order valence-electron chi connectivity index (χ0n) is 27.7. The normalized spacial score (nSPS) is 21.1. The van der Waals surface area contributed by atoms with Crippen LogP contribution in [0, 0.1) is 0 Å². The molecule has 0 unspecified atom stereocenters. The Kier molecular flexibility index (Phi) is 11.8. The Morgan fingerprint density at radius 3 is 2.33 bits per heavy atom. The number of rotatable bonds is 10. The number of carbonyl (C=O) groups excluding carboxylic acids is 2. The predicted octanol–water partition coefficient (Wildman–Crippen LogP) is 4.60. The number of nitrogens with two attached hydrogens (primary N) is 1. The lowest BCUT2D eigenvalue weighted by atomic mass is 9.98. The number of amides is 3. The highest BCUT2D eigenvalue weighted by Gasteiger charge is 2.33. The lowest BCUT2D eigenvalue weighted by Gasteiger charge is -2.41. The number of hydrogen-bond acceptors (Lipinski definition) is 7. The van der Waals surface area contributed by atoms with Crippen molar-refractivity contribution in [2.24, 2.45) is 4.40 Å². The van der Waals surface area contributed by atoms with Crippen LogP contribution in [0.1, 0.15) is 56.1 Å². The summed E-state index contributed by atoms with van der Waals surface area (Å²) in [6, 6.07) is 11.3. The number of hydrogen-bond donors (Lipinski definition) is 3. The van der Waals surface area contributed by atoms with E-state index in [-0.39, 0.29) is 23.9 Å². The maximum atomic E-state index is 13.9. The van der Waals surface area contributed by atoms with Crippen molar-refractivity contribution in [3.05, 3.63) is 56.5 Å². The number of piperidine rings is 3. The van der Waals surface area contributed by atoms with Crippen LogP contribution in [0.3, 0.4) is 0 Å². The molecule has 4 heterocycles. The van der Waals surface area contributed by atoms with Gasteiger partial charge in [0.15, 0.2) is 0 Å². The molecule has 0 radical (unpaired) electrons. The van der Waals surface area contributed by atoms with E-state index in [4.69, 9.17) is 5.73 Å². The van der Waals surface area contributed by atoms with Gasteiger partial charge in [-0.2, -0.15) is 4.40 Å². The van der Waals surface area contributed by atoms with E-state index in [1.54, 1.807) is 0 Å². The molecule has 12 nitrogen and oxygen atoms in total. The summed E-state index contributed by atoms with van der Waals surface area (Å²) in [5.74, 6) is -0.301. The van der Waals surface area contributed by atoms with Gasteiger partial charge >= 0.3 is 6.03 Å². The molecule has 2 aromatic rings. The van der Waals surface area contributed by atoms with Crippen LogP contribution in [0.15, 0.2) is 49.7 Å². The van der Waals surface area contributed by atoms with Crippen molar-refractivity contribution in [2.75, 3.05) is 56.2 Å². The van der Waals surface area contributed by atoms with Gasteiger partial charge in [0.1, 0.15) is 18.3 Å². The zero-order valence-corrected chi connectivity index (χ0v) is 31.7. The maximum Gasteiger partial charge on any atom is 0.322 e. The Morgan fingerprint density at radius 2 is 1.63 bits per heavy atom. The number of nitrogen functional groups attached to an aromatic ring is 1. The molecule has 3 fully saturated rings. The van der Waals surface area contributed by atoms with Crippen molar-refractivity contribution >= 4 is 71.5 Å². The van der Waals surface area contributed by atoms with Crippen LogP contribution >= 0.6 is 31.9 Å². The quantitative estimate of drug-likeness (QED) is 0.180. The van der Waals surface area contributed by atoms with E-state index in [2.05, 4.69) is 51.8 Å². The molecule has 2 aromatic carbocycles. The smallest absolute Gasteiger partial charge is 0.322 e. The highest BCUT2D eigenvalue weighted by molar-refractivity contribution is 9.11. The van der Waals surface area contributed by atoms with E-state index in [0.717, 1.165) is 51.7 Å². The topological polar surface area (TPSA) is 144 Å². The van der Waals surface area contributed by atoms with Gasteiger partial charge < -0.3 is 31.1 Å². The number of benzene rings is 2. The first-order valence-corrected chi connectivity index (χ1v) is 20.4. The molecule has 0 aliphatic carbocycles. The number of para-hydroxylation sites is 1. The van der Waals surface area contributed by atoms with Gasteiger partial charge in [0.2, 0.25) is 5.91 Å². The lowest BCUT2D eigenvalue weighted by Crippen LogP contribution is -2.53. The number of anilines is 2. The lowest BCUT2D eigenvalue weighted by molar-refractivity contribution is -0.134. The summed E-state index contributed by atoms with van der Waals surface area (Å²) in [5, 5.41) is 6.01. The Labute approximate surface area is 306 Å². The number of likely N-dealkylation sites (tertiary alicyclic amines) is 3. The minimum Gasteiger partial charge on any atom is -0.397 e. The second-order valence-corrected chi connectivity index (χ2v) is 16.9. The molecule has 0 spiro atoms. The summed E-state index contributed by atoms with van der Waals surface area (Å²) in [4.78, 5) is 34.9. The monoisotopic (exact) mass is 820 g/mol. The molecular weight excluding hydrogens is 776 g/mol. The number of halogens is 2. The number of nitrogens with one attached hydrogen (secondary N) is 2. The Bertz CT molecular complexity index is 1620. The van der Waals surface area contributed by atoms with Crippen LogP contribution in [0.2, 0.25) is 0 Å². The fourth-order valence-electron chi connectivity index (χ4n) is 7.51. The van der Waals surface area contributed by atoms with Gasteiger partial charge in [0, 0.05) is 65.9 Å². The Hall–Kier alpha value is -2.72. The van der Waals surface area contributed by atoms with E-state index < -0.39 is 16.1 Å². The molecule has 3 amide bonds. The minimum atomic E-state index is -3.85. The molecule has 15 heteroatoms. The van der Waals surface area contributed by atoms with E-state index in [9.17, 15) is 18.0 Å². The maximum absolute atomic E-state index is 13.9. The average Bonchev–Trinajstić information content (AvgIpc) is 3.10. The van der Waals surface area contributed by atoms with Gasteiger partial charge in [0.25, 0.3) is 10.0 Å². The van der Waals surface area contributed by atoms with E-state index in [1.807, 2.05) is 51.1 Å². The van der Waals surface area contributed by atoms with Crippen LogP contribution in [-0.2, 0) is 27.8 Å². The van der Waals surface area contributed by atoms with Gasteiger partial charge in [-0.3, -0.25) is 9.69 Å². The second kappa shape index (κ2) is 16.1. The molecule has 3 saturated heterocycles. The Balaban J connectivity index is 1.05. The number of nitrogens with zero attached hydrogens (tertiary/aromatic N) is 5.